The summed E-state index contributed by atoms with van der Waals surface area (Å²) >= 11 is 0. The predicted octanol–water partition coefficient (Wildman–Crippen LogP) is 3.07. The summed E-state index contributed by atoms with van der Waals surface area (Å²) in [4.78, 5) is 11.7. The molecule has 1 heterocycles. The van der Waals surface area contributed by atoms with E-state index in [1.165, 1.54) is 19.3 Å². The van der Waals surface area contributed by atoms with Gasteiger partial charge in [0.1, 0.15) is 6.10 Å². The molecular formula is C17H20O3. The van der Waals surface area contributed by atoms with Crippen molar-refractivity contribution in [3.63, 3.8) is 0 Å². The van der Waals surface area contributed by atoms with Crippen molar-refractivity contribution < 1.29 is 14.6 Å². The summed E-state index contributed by atoms with van der Waals surface area (Å²) in [5.41, 5.74) is 2.92. The summed E-state index contributed by atoms with van der Waals surface area (Å²) < 4.78 is 5.54. The molecule has 1 aromatic carbocycles. The monoisotopic (exact) mass is 272 g/mol. The topological polar surface area (TPSA) is 46.5 Å². The van der Waals surface area contributed by atoms with E-state index in [0.717, 1.165) is 29.5 Å². The Morgan fingerprint density at radius 1 is 1.10 bits per heavy atom. The van der Waals surface area contributed by atoms with Crippen LogP contribution in [0.2, 0.25) is 0 Å². The molecule has 2 aliphatic rings. The summed E-state index contributed by atoms with van der Waals surface area (Å²) in [6, 6.07) is 7.73. The Morgan fingerprint density at radius 2 is 1.80 bits per heavy atom. The molecule has 3 rings (SSSR count). The molecule has 0 amide bonds. The normalized spacial score (nSPS) is 23.6. The summed E-state index contributed by atoms with van der Waals surface area (Å²) in [7, 11) is 0. The zero-order chi connectivity index (χ0) is 13.9. The van der Waals surface area contributed by atoms with Crippen molar-refractivity contribution in [2.24, 2.45) is 5.92 Å². The highest BCUT2D eigenvalue weighted by Gasteiger charge is 2.34. The fraction of sp³-hybridized carbons (Fsp3) is 0.471. The number of ether oxygens (including phenoxy) is 1. The molecule has 1 atom stereocenters. The largest absolute Gasteiger partial charge is 0.454 e. The van der Waals surface area contributed by atoms with E-state index >= 15 is 0 Å². The van der Waals surface area contributed by atoms with Gasteiger partial charge in [-0.25, -0.2) is 4.79 Å². The quantitative estimate of drug-likeness (QED) is 0.860. The number of aliphatic hydroxyl groups is 1. The molecule has 1 aliphatic carbocycles. The van der Waals surface area contributed by atoms with Crippen molar-refractivity contribution in [2.45, 2.75) is 44.8 Å². The number of rotatable bonds is 3. The molecule has 0 bridgehead atoms. The number of cyclic esters (lactones) is 1. The van der Waals surface area contributed by atoms with Crippen LogP contribution in [0.25, 0.3) is 5.57 Å². The minimum atomic E-state index is -0.221. The van der Waals surface area contributed by atoms with Gasteiger partial charge in [-0.05, 0) is 24.0 Å². The Bertz CT molecular complexity index is 510. The van der Waals surface area contributed by atoms with Gasteiger partial charge in [-0.1, -0.05) is 43.5 Å². The highest BCUT2D eigenvalue weighted by Crippen LogP contribution is 2.37. The highest BCUT2D eigenvalue weighted by molar-refractivity contribution is 5.97. The van der Waals surface area contributed by atoms with Gasteiger partial charge < -0.3 is 9.84 Å². The van der Waals surface area contributed by atoms with E-state index in [2.05, 4.69) is 0 Å². The van der Waals surface area contributed by atoms with Crippen LogP contribution in [0.1, 0.15) is 43.2 Å². The molecule has 1 unspecified atom stereocenters. The second kappa shape index (κ2) is 5.80. The molecular weight excluding hydrogens is 252 g/mol. The van der Waals surface area contributed by atoms with E-state index in [4.69, 9.17) is 9.84 Å². The van der Waals surface area contributed by atoms with E-state index in [-0.39, 0.29) is 18.7 Å². The first-order valence-corrected chi connectivity index (χ1v) is 7.40. The molecule has 0 spiro atoms. The van der Waals surface area contributed by atoms with E-state index in [9.17, 15) is 4.79 Å². The molecule has 1 fully saturated rings. The average molecular weight is 272 g/mol. The van der Waals surface area contributed by atoms with Gasteiger partial charge in [0.15, 0.2) is 0 Å². The number of aliphatic hydroxyl groups excluding tert-OH is 1. The van der Waals surface area contributed by atoms with Crippen LogP contribution >= 0.6 is 0 Å². The van der Waals surface area contributed by atoms with Crippen LogP contribution in [0.5, 0.6) is 0 Å². The van der Waals surface area contributed by atoms with Gasteiger partial charge in [0.25, 0.3) is 0 Å². The number of hydrogen-bond donors (Lipinski definition) is 1. The molecule has 1 N–H and O–H groups in total. The van der Waals surface area contributed by atoms with E-state index in [1.54, 1.807) is 6.08 Å². The van der Waals surface area contributed by atoms with E-state index in [1.807, 2.05) is 24.3 Å². The van der Waals surface area contributed by atoms with Crippen molar-refractivity contribution in [1.82, 2.24) is 0 Å². The first kappa shape index (κ1) is 13.4. The summed E-state index contributed by atoms with van der Waals surface area (Å²) in [5.74, 6) is 0.237. The fourth-order valence-corrected chi connectivity index (χ4v) is 3.27. The lowest BCUT2D eigenvalue weighted by atomic mass is 9.81. The molecule has 3 heteroatoms. The summed E-state index contributed by atoms with van der Waals surface area (Å²) in [5, 5.41) is 9.10. The molecule has 1 aliphatic heterocycles. The molecule has 0 aromatic heterocycles. The van der Waals surface area contributed by atoms with Crippen molar-refractivity contribution in [3.8, 4) is 0 Å². The van der Waals surface area contributed by atoms with Crippen molar-refractivity contribution in [2.75, 3.05) is 0 Å². The number of hydrogen-bond acceptors (Lipinski definition) is 3. The molecule has 3 nitrogen and oxygen atoms in total. The SMILES string of the molecule is O=C1C=C(c2ccc(CO)cc2)C(C2CCCCC2)O1. The lowest BCUT2D eigenvalue weighted by Gasteiger charge is -2.28. The van der Waals surface area contributed by atoms with Gasteiger partial charge in [-0.15, -0.1) is 0 Å². The Labute approximate surface area is 119 Å². The second-order valence-electron chi connectivity index (χ2n) is 5.71. The summed E-state index contributed by atoms with van der Waals surface area (Å²) in [6.45, 7) is 0.0425. The maximum absolute atomic E-state index is 11.7. The predicted molar refractivity (Wildman–Crippen MR) is 76.8 cm³/mol. The fourth-order valence-electron chi connectivity index (χ4n) is 3.27. The van der Waals surface area contributed by atoms with Gasteiger partial charge in [0, 0.05) is 17.6 Å². The van der Waals surface area contributed by atoms with E-state index < -0.39 is 0 Å². The van der Waals surface area contributed by atoms with Crippen molar-refractivity contribution >= 4 is 11.5 Å². The lowest BCUT2D eigenvalue weighted by molar-refractivity contribution is -0.140. The van der Waals surface area contributed by atoms with Crippen molar-refractivity contribution in [1.29, 1.82) is 0 Å². The molecule has 0 radical (unpaired) electrons. The molecule has 0 saturated heterocycles. The third-order valence-electron chi connectivity index (χ3n) is 4.37. The first-order chi connectivity index (χ1) is 9.78. The van der Waals surface area contributed by atoms with Crippen LogP contribution in [0.4, 0.5) is 0 Å². The van der Waals surface area contributed by atoms with E-state index in [0.29, 0.717) is 5.92 Å². The first-order valence-electron chi connectivity index (χ1n) is 7.40. The molecule has 106 valence electrons. The standard InChI is InChI=1S/C17H20O3/c18-11-12-6-8-13(9-7-12)15-10-16(19)20-17(15)14-4-2-1-3-5-14/h6-10,14,17-18H,1-5,11H2. The number of esters is 1. The number of carbonyl (C=O) groups excluding carboxylic acids is 1. The van der Waals surface area contributed by atoms with Gasteiger partial charge in [-0.2, -0.15) is 0 Å². The minimum absolute atomic E-state index is 0.0425. The Kier molecular flexibility index (Phi) is 3.88. The van der Waals surface area contributed by atoms with Crippen molar-refractivity contribution in [3.05, 3.63) is 41.5 Å². The lowest BCUT2D eigenvalue weighted by Crippen LogP contribution is -2.25. The van der Waals surface area contributed by atoms with Crippen LogP contribution in [-0.2, 0) is 16.1 Å². The number of carbonyl (C=O) groups is 1. The second-order valence-corrected chi connectivity index (χ2v) is 5.71. The maximum atomic E-state index is 11.7. The maximum Gasteiger partial charge on any atom is 0.331 e. The molecule has 1 saturated carbocycles. The van der Waals surface area contributed by atoms with Crippen LogP contribution in [-0.4, -0.2) is 17.2 Å². The van der Waals surface area contributed by atoms with Crippen LogP contribution < -0.4 is 0 Å². The minimum Gasteiger partial charge on any atom is -0.454 e. The zero-order valence-electron chi connectivity index (χ0n) is 11.5. The van der Waals surface area contributed by atoms with Crippen LogP contribution in [0.3, 0.4) is 0 Å². The Hall–Kier alpha value is -1.61. The van der Waals surface area contributed by atoms with Crippen LogP contribution in [0.15, 0.2) is 30.3 Å². The van der Waals surface area contributed by atoms with Gasteiger partial charge in [0.2, 0.25) is 0 Å². The average Bonchev–Trinajstić information content (AvgIpc) is 2.90. The number of benzene rings is 1. The molecule has 20 heavy (non-hydrogen) atoms. The van der Waals surface area contributed by atoms with Gasteiger partial charge in [0.05, 0.1) is 6.61 Å². The zero-order valence-corrected chi connectivity index (χ0v) is 11.5. The van der Waals surface area contributed by atoms with Gasteiger partial charge >= 0.3 is 5.97 Å². The molecule has 1 aromatic rings. The third-order valence-corrected chi connectivity index (χ3v) is 4.37. The van der Waals surface area contributed by atoms with Gasteiger partial charge in [-0.3, -0.25) is 0 Å². The summed E-state index contributed by atoms with van der Waals surface area (Å²) in [6.07, 6.45) is 7.59. The van der Waals surface area contributed by atoms with Crippen LogP contribution in [0, 0.1) is 5.92 Å². The Balaban J connectivity index is 1.84. The highest BCUT2D eigenvalue weighted by atomic mass is 16.5. The Morgan fingerprint density at radius 3 is 2.45 bits per heavy atom. The smallest absolute Gasteiger partial charge is 0.331 e. The third kappa shape index (κ3) is 2.63.